The highest BCUT2D eigenvalue weighted by atomic mass is 35.5. The number of benzene rings is 1. The molecular weight excluding hydrogens is 329 g/mol. The zero-order valence-electron chi connectivity index (χ0n) is 12.4. The van der Waals surface area contributed by atoms with E-state index in [0.717, 1.165) is 0 Å². The Morgan fingerprint density at radius 2 is 2.09 bits per heavy atom. The maximum atomic E-state index is 13.2. The molecule has 3 amide bonds. The van der Waals surface area contributed by atoms with E-state index >= 15 is 0 Å². The molecule has 1 aromatic rings. The van der Waals surface area contributed by atoms with Gasteiger partial charge in [-0.05, 0) is 43.0 Å². The Kier molecular flexibility index (Phi) is 7.47. The minimum Gasteiger partial charge on any atom is -0.352 e. The zero-order valence-corrected chi connectivity index (χ0v) is 13.9. The van der Waals surface area contributed by atoms with Crippen LogP contribution in [0.3, 0.4) is 0 Å². The van der Waals surface area contributed by atoms with Crippen LogP contribution in [-0.2, 0) is 4.79 Å². The molecule has 0 aromatic heterocycles. The maximum absolute atomic E-state index is 13.2. The Morgan fingerprint density at radius 3 is 2.64 bits per heavy atom. The first-order valence-electron chi connectivity index (χ1n) is 6.65. The number of hydrogen-bond acceptors (Lipinski definition) is 3. The van der Waals surface area contributed by atoms with Crippen LogP contribution in [0.2, 0.25) is 5.02 Å². The third-order valence-electron chi connectivity index (χ3n) is 3.05. The van der Waals surface area contributed by atoms with Gasteiger partial charge >= 0.3 is 6.03 Å². The lowest BCUT2D eigenvalue weighted by Crippen LogP contribution is -2.49. The fraction of sp³-hybridized carbons (Fsp3) is 0.429. The lowest BCUT2D eigenvalue weighted by atomic mass is 10.1. The van der Waals surface area contributed by atoms with E-state index in [1.807, 2.05) is 6.26 Å². The molecule has 4 N–H and O–H groups in total. The molecule has 0 radical (unpaired) electrons. The van der Waals surface area contributed by atoms with Crippen molar-refractivity contribution in [3.8, 4) is 0 Å². The Balaban J connectivity index is 2.73. The standard InChI is InChI=1S/C14H19ClFN3O2S/c1-8(9-3-4-11(16)10(15)7-9)18-13(20)12(5-6-22-2)19-14(17)21/h3-4,7-8,12H,5-6H2,1-2H3,(H,18,20)(H3,17,19,21)/t8-,12-/m1/s1. The van der Waals surface area contributed by atoms with Crippen molar-refractivity contribution < 1.29 is 14.0 Å². The van der Waals surface area contributed by atoms with Gasteiger partial charge in [-0.25, -0.2) is 9.18 Å². The van der Waals surface area contributed by atoms with Crippen molar-refractivity contribution in [1.82, 2.24) is 10.6 Å². The predicted molar refractivity (Wildman–Crippen MR) is 87.5 cm³/mol. The molecule has 1 rings (SSSR count). The Labute approximate surface area is 138 Å². The third-order valence-corrected chi connectivity index (χ3v) is 3.98. The fourth-order valence-electron chi connectivity index (χ4n) is 1.86. The van der Waals surface area contributed by atoms with E-state index in [1.54, 1.807) is 24.8 Å². The number of nitrogens with two attached hydrogens (primary N) is 1. The second kappa shape index (κ2) is 8.85. The fourth-order valence-corrected chi connectivity index (χ4v) is 2.52. The first-order valence-corrected chi connectivity index (χ1v) is 8.42. The Bertz CT molecular complexity index is 545. The number of urea groups is 1. The first kappa shape index (κ1) is 18.6. The average Bonchev–Trinajstić information content (AvgIpc) is 2.45. The monoisotopic (exact) mass is 347 g/mol. The van der Waals surface area contributed by atoms with Crippen LogP contribution in [0.4, 0.5) is 9.18 Å². The van der Waals surface area contributed by atoms with E-state index in [4.69, 9.17) is 17.3 Å². The molecule has 8 heteroatoms. The molecule has 0 heterocycles. The highest BCUT2D eigenvalue weighted by Crippen LogP contribution is 2.20. The van der Waals surface area contributed by atoms with Gasteiger partial charge in [0, 0.05) is 0 Å². The quantitative estimate of drug-likeness (QED) is 0.708. The summed E-state index contributed by atoms with van der Waals surface area (Å²) in [5, 5.41) is 5.17. The van der Waals surface area contributed by atoms with E-state index < -0.39 is 17.9 Å². The van der Waals surface area contributed by atoms with Gasteiger partial charge in [-0.3, -0.25) is 4.79 Å². The molecule has 0 aliphatic rings. The normalized spacial score (nSPS) is 13.3. The van der Waals surface area contributed by atoms with Gasteiger partial charge in [0.05, 0.1) is 11.1 Å². The van der Waals surface area contributed by atoms with E-state index in [9.17, 15) is 14.0 Å². The number of nitrogens with one attached hydrogen (secondary N) is 2. The van der Waals surface area contributed by atoms with Gasteiger partial charge in [0.25, 0.3) is 0 Å². The highest BCUT2D eigenvalue weighted by molar-refractivity contribution is 7.98. The molecule has 0 aliphatic carbocycles. The van der Waals surface area contributed by atoms with Gasteiger partial charge in [0.1, 0.15) is 11.9 Å². The largest absolute Gasteiger partial charge is 0.352 e. The van der Waals surface area contributed by atoms with Crippen LogP contribution < -0.4 is 16.4 Å². The van der Waals surface area contributed by atoms with Crippen LogP contribution in [0.1, 0.15) is 24.9 Å². The van der Waals surface area contributed by atoms with E-state index in [2.05, 4.69) is 10.6 Å². The first-order chi connectivity index (χ1) is 10.3. The summed E-state index contributed by atoms with van der Waals surface area (Å²) >= 11 is 7.29. The van der Waals surface area contributed by atoms with Crippen LogP contribution >= 0.6 is 23.4 Å². The number of hydrogen-bond donors (Lipinski definition) is 3. The molecule has 0 fully saturated rings. The van der Waals surface area contributed by atoms with Crippen molar-refractivity contribution in [1.29, 1.82) is 0 Å². The van der Waals surface area contributed by atoms with E-state index in [0.29, 0.717) is 17.7 Å². The smallest absolute Gasteiger partial charge is 0.312 e. The molecule has 122 valence electrons. The molecule has 0 saturated carbocycles. The molecule has 1 aromatic carbocycles. The topological polar surface area (TPSA) is 84.2 Å². The van der Waals surface area contributed by atoms with Crippen LogP contribution in [0.15, 0.2) is 18.2 Å². The van der Waals surface area contributed by atoms with Gasteiger partial charge in [-0.15, -0.1) is 0 Å². The summed E-state index contributed by atoms with van der Waals surface area (Å²) in [7, 11) is 0. The van der Waals surface area contributed by atoms with Crippen LogP contribution in [-0.4, -0.2) is 30.0 Å². The van der Waals surface area contributed by atoms with Crippen molar-refractivity contribution in [2.24, 2.45) is 5.73 Å². The number of carbonyl (C=O) groups is 2. The number of carbonyl (C=O) groups excluding carboxylic acids is 2. The average molecular weight is 348 g/mol. The summed E-state index contributed by atoms with van der Waals surface area (Å²) in [6.07, 6.45) is 2.37. The molecule has 2 atom stereocenters. The van der Waals surface area contributed by atoms with Crippen molar-refractivity contribution >= 4 is 35.3 Å². The minimum atomic E-state index is -0.751. The Morgan fingerprint density at radius 1 is 1.41 bits per heavy atom. The lowest BCUT2D eigenvalue weighted by molar-refractivity contribution is -0.123. The molecule has 5 nitrogen and oxygen atoms in total. The number of thioether (sulfide) groups is 1. The molecule has 0 spiro atoms. The van der Waals surface area contributed by atoms with E-state index in [1.165, 1.54) is 12.1 Å². The lowest BCUT2D eigenvalue weighted by Gasteiger charge is -2.21. The van der Waals surface area contributed by atoms with Crippen LogP contribution in [0.25, 0.3) is 0 Å². The summed E-state index contributed by atoms with van der Waals surface area (Å²) in [5.41, 5.74) is 5.75. The third kappa shape index (κ3) is 5.73. The summed E-state index contributed by atoms with van der Waals surface area (Å²) in [4.78, 5) is 23.2. The molecule has 0 saturated heterocycles. The van der Waals surface area contributed by atoms with E-state index in [-0.39, 0.29) is 17.0 Å². The second-order valence-electron chi connectivity index (χ2n) is 4.75. The van der Waals surface area contributed by atoms with Gasteiger partial charge in [-0.1, -0.05) is 17.7 Å². The number of rotatable bonds is 7. The van der Waals surface area contributed by atoms with Gasteiger partial charge in [0.15, 0.2) is 0 Å². The van der Waals surface area contributed by atoms with Crippen molar-refractivity contribution in [2.75, 3.05) is 12.0 Å². The van der Waals surface area contributed by atoms with Gasteiger partial charge in [0.2, 0.25) is 5.91 Å². The summed E-state index contributed by atoms with van der Waals surface area (Å²) in [6, 6.07) is 2.41. The van der Waals surface area contributed by atoms with Crippen LogP contribution in [0, 0.1) is 5.82 Å². The maximum Gasteiger partial charge on any atom is 0.312 e. The van der Waals surface area contributed by atoms with Crippen LogP contribution in [0.5, 0.6) is 0 Å². The zero-order chi connectivity index (χ0) is 16.7. The Hall–Kier alpha value is -1.47. The minimum absolute atomic E-state index is 0.00667. The van der Waals surface area contributed by atoms with Crippen molar-refractivity contribution in [3.05, 3.63) is 34.6 Å². The van der Waals surface area contributed by atoms with Gasteiger partial charge < -0.3 is 16.4 Å². The molecule has 0 bridgehead atoms. The van der Waals surface area contributed by atoms with Gasteiger partial charge in [-0.2, -0.15) is 11.8 Å². The number of primary amides is 1. The van der Waals surface area contributed by atoms with Crippen molar-refractivity contribution in [2.45, 2.75) is 25.4 Å². The highest BCUT2D eigenvalue weighted by Gasteiger charge is 2.21. The molecule has 0 aliphatic heterocycles. The van der Waals surface area contributed by atoms with Crippen molar-refractivity contribution in [3.63, 3.8) is 0 Å². The number of amides is 3. The summed E-state index contributed by atoms with van der Waals surface area (Å²) < 4.78 is 13.2. The second-order valence-corrected chi connectivity index (χ2v) is 6.14. The summed E-state index contributed by atoms with van der Waals surface area (Å²) in [6.45, 7) is 1.75. The molecule has 22 heavy (non-hydrogen) atoms. The predicted octanol–water partition coefficient (Wildman–Crippen LogP) is 2.45. The number of halogens is 2. The molecule has 0 unspecified atom stereocenters. The summed E-state index contributed by atoms with van der Waals surface area (Å²) in [5.74, 6) is -0.159. The molecular formula is C14H19ClFN3O2S. The SMILES string of the molecule is CSCC[C@@H](NC(N)=O)C(=O)N[C@H](C)c1ccc(F)c(Cl)c1.